The minimum Gasteiger partial charge on any atom is -0.487 e. The molecule has 0 bridgehead atoms. The van der Waals surface area contributed by atoms with Crippen molar-refractivity contribution < 1.29 is 28.1 Å². The van der Waals surface area contributed by atoms with Crippen LogP contribution >= 0.6 is 11.6 Å². The van der Waals surface area contributed by atoms with Gasteiger partial charge in [-0.25, -0.2) is 4.39 Å². The zero-order valence-corrected chi connectivity index (χ0v) is 26.9. The van der Waals surface area contributed by atoms with Crippen LogP contribution in [0.1, 0.15) is 17.5 Å². The number of hydrogen-bond acceptors (Lipinski definition) is 9. The van der Waals surface area contributed by atoms with Crippen molar-refractivity contribution in [3.05, 3.63) is 94.9 Å². The van der Waals surface area contributed by atoms with E-state index >= 15 is 0 Å². The molecule has 12 heteroatoms. The number of amides is 1. The lowest BCUT2D eigenvalue weighted by Crippen LogP contribution is -2.23. The minimum absolute atomic E-state index is 0.142. The maximum Gasteiger partial charge on any atom is 0.248 e. The summed E-state index contributed by atoms with van der Waals surface area (Å²) in [7, 11) is 3.59. The van der Waals surface area contributed by atoms with Gasteiger partial charge in [0.2, 0.25) is 5.91 Å². The first-order valence-corrected chi connectivity index (χ1v) is 15.4. The number of rotatable bonds is 14. The summed E-state index contributed by atoms with van der Waals surface area (Å²) in [4.78, 5) is 19.5. The summed E-state index contributed by atoms with van der Waals surface area (Å²) in [6.45, 7) is 3.06. The molecule has 5 rings (SSSR count). The molecule has 0 radical (unpaired) electrons. The van der Waals surface area contributed by atoms with Gasteiger partial charge < -0.3 is 34.5 Å². The lowest BCUT2D eigenvalue weighted by Gasteiger charge is -2.19. The smallest absolute Gasteiger partial charge is 0.248 e. The lowest BCUT2D eigenvalue weighted by molar-refractivity contribution is -0.111. The second-order valence-corrected chi connectivity index (χ2v) is 11.4. The monoisotopic (exact) mass is 659 g/mol. The summed E-state index contributed by atoms with van der Waals surface area (Å²) >= 11 is 6.55. The van der Waals surface area contributed by atoms with Crippen LogP contribution in [0.15, 0.2) is 72.9 Å². The van der Waals surface area contributed by atoms with Gasteiger partial charge in [0.25, 0.3) is 0 Å². The molecule has 1 aliphatic rings. The van der Waals surface area contributed by atoms with Gasteiger partial charge in [-0.3, -0.25) is 9.78 Å². The van der Waals surface area contributed by atoms with Crippen LogP contribution in [0.25, 0.3) is 10.9 Å². The molecule has 1 aromatic heterocycles. The van der Waals surface area contributed by atoms with Crippen LogP contribution in [0.3, 0.4) is 0 Å². The van der Waals surface area contributed by atoms with E-state index in [1.807, 2.05) is 11.9 Å². The van der Waals surface area contributed by atoms with Gasteiger partial charge in [-0.2, -0.15) is 5.26 Å². The number of fused-ring (bicyclic) bond motifs is 1. The highest BCUT2D eigenvalue weighted by atomic mass is 35.5. The van der Waals surface area contributed by atoms with Crippen molar-refractivity contribution in [3.8, 4) is 17.6 Å². The molecule has 1 fully saturated rings. The van der Waals surface area contributed by atoms with E-state index in [-0.39, 0.29) is 30.0 Å². The zero-order chi connectivity index (χ0) is 33.2. The molecule has 0 aliphatic carbocycles. The molecule has 0 saturated carbocycles. The van der Waals surface area contributed by atoms with Gasteiger partial charge in [-0.15, -0.1) is 0 Å². The third-order valence-corrected chi connectivity index (χ3v) is 7.67. The van der Waals surface area contributed by atoms with Crippen molar-refractivity contribution in [2.45, 2.75) is 19.1 Å². The van der Waals surface area contributed by atoms with Crippen molar-refractivity contribution in [2.24, 2.45) is 0 Å². The fraction of sp³-hybridized carbons (Fsp3) is 0.286. The van der Waals surface area contributed by atoms with E-state index in [0.29, 0.717) is 76.4 Å². The second kappa shape index (κ2) is 16.2. The van der Waals surface area contributed by atoms with Crippen LogP contribution in [0.5, 0.6) is 11.5 Å². The number of pyridine rings is 1. The first-order valence-electron chi connectivity index (χ1n) is 15.0. The molecule has 244 valence electrons. The molecule has 1 unspecified atom stereocenters. The zero-order valence-electron chi connectivity index (χ0n) is 26.1. The van der Waals surface area contributed by atoms with Gasteiger partial charge in [-0.1, -0.05) is 29.8 Å². The first kappa shape index (κ1) is 33.6. The highest BCUT2D eigenvalue weighted by molar-refractivity contribution is 6.32. The van der Waals surface area contributed by atoms with Crippen LogP contribution in [0.4, 0.5) is 21.5 Å². The number of ether oxygens (including phenoxy) is 4. The van der Waals surface area contributed by atoms with E-state index < -0.39 is 0 Å². The Balaban J connectivity index is 1.41. The third-order valence-electron chi connectivity index (χ3n) is 7.38. The predicted molar refractivity (Wildman–Crippen MR) is 179 cm³/mol. The Bertz CT molecular complexity index is 1790. The van der Waals surface area contributed by atoms with Crippen LogP contribution in [0, 0.1) is 17.1 Å². The average molecular weight is 660 g/mol. The molecule has 10 nitrogen and oxygen atoms in total. The molecule has 2 heterocycles. The molecular weight excluding hydrogens is 625 g/mol. The Morgan fingerprint density at radius 3 is 2.85 bits per heavy atom. The van der Waals surface area contributed by atoms with E-state index in [1.165, 1.54) is 24.4 Å². The summed E-state index contributed by atoms with van der Waals surface area (Å²) in [5.41, 5.74) is 2.99. The van der Waals surface area contributed by atoms with Crippen molar-refractivity contribution in [1.82, 2.24) is 9.88 Å². The van der Waals surface area contributed by atoms with Crippen LogP contribution in [-0.4, -0.2) is 69.0 Å². The molecule has 4 aromatic rings. The summed E-state index contributed by atoms with van der Waals surface area (Å²) < 4.78 is 36.2. The van der Waals surface area contributed by atoms with Crippen molar-refractivity contribution >= 4 is 45.5 Å². The van der Waals surface area contributed by atoms with E-state index in [0.717, 1.165) is 13.0 Å². The number of methoxy groups -OCH3 is 1. The van der Waals surface area contributed by atoms with Gasteiger partial charge in [0.05, 0.1) is 47.3 Å². The number of nitriles is 1. The largest absolute Gasteiger partial charge is 0.487 e. The van der Waals surface area contributed by atoms with Crippen LogP contribution in [0.2, 0.25) is 5.02 Å². The fourth-order valence-electron chi connectivity index (χ4n) is 4.90. The Labute approximate surface area is 277 Å². The summed E-state index contributed by atoms with van der Waals surface area (Å²) in [6.07, 6.45) is 5.27. The third kappa shape index (κ3) is 9.18. The second-order valence-electron chi connectivity index (χ2n) is 11.0. The maximum absolute atomic E-state index is 13.6. The number of halogens is 2. The number of likely N-dealkylation sites (N-methyl/N-ethyl adjacent to an activating group) is 1. The number of nitrogens with zero attached hydrogens (tertiary/aromatic N) is 3. The topological polar surface area (TPSA) is 118 Å². The van der Waals surface area contributed by atoms with Gasteiger partial charge in [0.1, 0.15) is 36.1 Å². The Morgan fingerprint density at radius 1 is 1.23 bits per heavy atom. The number of benzene rings is 3. The Morgan fingerprint density at radius 2 is 2.11 bits per heavy atom. The van der Waals surface area contributed by atoms with Crippen LogP contribution < -0.4 is 20.1 Å². The van der Waals surface area contributed by atoms with Gasteiger partial charge in [-0.05, 0) is 49.0 Å². The van der Waals surface area contributed by atoms with Crippen molar-refractivity contribution in [3.63, 3.8) is 0 Å². The van der Waals surface area contributed by atoms with Gasteiger partial charge in [0.15, 0.2) is 0 Å². The van der Waals surface area contributed by atoms with Crippen molar-refractivity contribution in [2.75, 3.05) is 57.7 Å². The van der Waals surface area contributed by atoms with E-state index in [1.54, 1.807) is 55.7 Å². The molecule has 1 atom stereocenters. The van der Waals surface area contributed by atoms with Gasteiger partial charge in [0, 0.05) is 56.0 Å². The quantitative estimate of drug-likeness (QED) is 0.147. The van der Waals surface area contributed by atoms with Crippen molar-refractivity contribution in [1.29, 1.82) is 5.26 Å². The first-order chi connectivity index (χ1) is 22.8. The minimum atomic E-state index is -0.346. The highest BCUT2D eigenvalue weighted by Crippen LogP contribution is 2.38. The Kier molecular flexibility index (Phi) is 11.6. The standard InChI is InChI=1S/C35H35ClFN5O5/c1-42(12-14-44-2)11-4-7-34(43)41-31-17-28-30(18-33(31)47-27-10-13-45-22-27)39-20-24(19-38)35(28)40-26-8-9-32(29(36)16-26)46-21-23-5-3-6-25(37)15-23/h3-9,15-18,20,27H,10-14,21-22H2,1-2H3,(H,39,40)(H,41,43)/b7-4+. The summed E-state index contributed by atoms with van der Waals surface area (Å²) in [5, 5.41) is 17.1. The lowest BCUT2D eigenvalue weighted by atomic mass is 10.1. The molecule has 1 saturated heterocycles. The van der Waals surface area contributed by atoms with Crippen LogP contribution in [-0.2, 0) is 20.9 Å². The summed E-state index contributed by atoms with van der Waals surface area (Å²) in [5.74, 6) is 0.179. The SMILES string of the molecule is COCCN(C)C/C=C/C(=O)Nc1cc2c(Nc3ccc(OCc4cccc(F)c4)c(Cl)c3)c(C#N)cnc2cc1OC1CCOC1. The normalized spacial score (nSPS) is 14.4. The van der Waals surface area contributed by atoms with E-state index in [9.17, 15) is 14.4 Å². The average Bonchev–Trinajstić information content (AvgIpc) is 3.57. The molecule has 1 aliphatic heterocycles. The fourth-order valence-corrected chi connectivity index (χ4v) is 5.14. The van der Waals surface area contributed by atoms with Gasteiger partial charge >= 0.3 is 0 Å². The Hall–Kier alpha value is -4.73. The highest BCUT2D eigenvalue weighted by Gasteiger charge is 2.21. The molecule has 2 N–H and O–H groups in total. The summed E-state index contributed by atoms with van der Waals surface area (Å²) in [6, 6.07) is 16.9. The molecule has 1 amide bonds. The molecule has 3 aromatic carbocycles. The maximum atomic E-state index is 13.6. The molecule has 0 spiro atoms. The number of carbonyl (C=O) groups is 1. The molecular formula is C35H35ClFN5O5. The number of aromatic nitrogens is 1. The number of anilines is 3. The predicted octanol–water partition coefficient (Wildman–Crippen LogP) is 6.46. The number of nitrogens with one attached hydrogen (secondary N) is 2. The number of carbonyl (C=O) groups excluding carboxylic acids is 1. The van der Waals surface area contributed by atoms with E-state index in [2.05, 4.69) is 21.7 Å². The number of hydrogen-bond donors (Lipinski definition) is 2. The van der Waals surface area contributed by atoms with E-state index in [4.69, 9.17) is 30.5 Å². The molecule has 47 heavy (non-hydrogen) atoms.